The van der Waals surface area contributed by atoms with E-state index in [1.165, 1.54) is 16.7 Å². The Morgan fingerprint density at radius 3 is 2.84 bits per heavy atom. The number of aliphatic hydroxyl groups excluding tert-OH is 1. The Morgan fingerprint density at radius 1 is 1.13 bits per heavy atom. The van der Waals surface area contributed by atoms with Gasteiger partial charge in [-0.3, -0.25) is 14.6 Å². The number of nitrogens with two attached hydrogens (primary N) is 1. The predicted octanol–water partition coefficient (Wildman–Crippen LogP) is 3.38. The number of hydrogen-bond acceptors (Lipinski definition) is 9. The van der Waals surface area contributed by atoms with Crippen LogP contribution in [0.2, 0.25) is 0 Å². The Bertz CT molecular complexity index is 1380. The SMILES string of the molecule is CCC[C@@H](CCO)Nc1nc(N)nc2cnn(Cc3ccc(CN4CCc5cnccc5C4)cc3OC)c12. The van der Waals surface area contributed by atoms with Gasteiger partial charge in [0.05, 0.1) is 19.9 Å². The van der Waals surface area contributed by atoms with Crippen molar-refractivity contribution in [2.24, 2.45) is 0 Å². The summed E-state index contributed by atoms with van der Waals surface area (Å²) in [7, 11) is 1.70. The number of pyridine rings is 1. The highest BCUT2D eigenvalue weighted by molar-refractivity contribution is 5.86. The third-order valence-electron chi connectivity index (χ3n) is 7.14. The van der Waals surface area contributed by atoms with E-state index in [9.17, 15) is 5.11 Å². The molecule has 3 aromatic heterocycles. The van der Waals surface area contributed by atoms with Crippen molar-refractivity contribution in [1.82, 2.24) is 29.6 Å². The maximum Gasteiger partial charge on any atom is 0.222 e. The molecule has 0 aliphatic carbocycles. The topological polar surface area (TPSA) is 127 Å². The summed E-state index contributed by atoms with van der Waals surface area (Å²) in [6.45, 7) is 5.51. The van der Waals surface area contributed by atoms with Gasteiger partial charge >= 0.3 is 0 Å². The highest BCUT2D eigenvalue weighted by Crippen LogP contribution is 2.28. The standard InChI is InChI=1S/C28H36N8O2/c1-3-4-23(9-12-37)32-27-26-24(33-28(29)34-27)15-31-36(26)18-22-6-5-19(13-25(22)38-2)16-35-11-8-20-14-30-10-7-21(20)17-35/h5-7,10,13-15,23,37H,3-4,8-9,11-12,16-18H2,1-2H3,(H3,29,32,33,34)/t23-/m0/s1. The number of benzene rings is 1. The Morgan fingerprint density at radius 2 is 2.03 bits per heavy atom. The van der Waals surface area contributed by atoms with Gasteiger partial charge in [0.25, 0.3) is 0 Å². The van der Waals surface area contributed by atoms with Crippen molar-refractivity contribution in [3.8, 4) is 5.75 Å². The molecule has 0 fully saturated rings. The van der Waals surface area contributed by atoms with E-state index in [2.05, 4.69) is 61.5 Å². The van der Waals surface area contributed by atoms with Gasteiger partial charge in [-0.15, -0.1) is 0 Å². The lowest BCUT2D eigenvalue weighted by Gasteiger charge is -2.28. The summed E-state index contributed by atoms with van der Waals surface area (Å²) in [5, 5.41) is 17.6. The van der Waals surface area contributed by atoms with Gasteiger partial charge in [0.2, 0.25) is 5.95 Å². The zero-order valence-electron chi connectivity index (χ0n) is 22.1. The van der Waals surface area contributed by atoms with Crippen molar-refractivity contribution in [3.05, 3.63) is 65.1 Å². The minimum atomic E-state index is 0.0812. The molecule has 4 N–H and O–H groups in total. The van der Waals surface area contributed by atoms with Crippen LogP contribution in [0.4, 0.5) is 11.8 Å². The number of rotatable bonds is 11. The number of methoxy groups -OCH3 is 1. The van der Waals surface area contributed by atoms with E-state index in [1.54, 1.807) is 13.3 Å². The lowest BCUT2D eigenvalue weighted by molar-refractivity contribution is 0.245. The number of nitrogen functional groups attached to an aromatic ring is 1. The van der Waals surface area contributed by atoms with Crippen LogP contribution in [-0.4, -0.2) is 61.0 Å². The lowest BCUT2D eigenvalue weighted by atomic mass is 10.0. The fraction of sp³-hybridized carbons (Fsp3) is 0.429. The number of hydrogen-bond donors (Lipinski definition) is 3. The van der Waals surface area contributed by atoms with Gasteiger partial charge in [0.1, 0.15) is 16.8 Å². The molecule has 0 saturated heterocycles. The second kappa shape index (κ2) is 11.7. The molecule has 10 nitrogen and oxygen atoms in total. The molecule has 4 heterocycles. The molecule has 4 aromatic rings. The Kier molecular flexibility index (Phi) is 8.00. The molecule has 0 saturated carbocycles. The Balaban J connectivity index is 1.37. The van der Waals surface area contributed by atoms with Crippen LogP contribution in [0.25, 0.3) is 11.0 Å². The van der Waals surface area contributed by atoms with Gasteiger partial charge in [0.15, 0.2) is 5.82 Å². The van der Waals surface area contributed by atoms with E-state index in [4.69, 9.17) is 10.5 Å². The van der Waals surface area contributed by atoms with Gasteiger partial charge in [0, 0.05) is 50.2 Å². The number of nitrogens with one attached hydrogen (secondary N) is 1. The summed E-state index contributed by atoms with van der Waals surface area (Å²) in [6, 6.07) is 8.60. The van der Waals surface area contributed by atoms with Gasteiger partial charge in [-0.2, -0.15) is 10.1 Å². The monoisotopic (exact) mass is 516 g/mol. The maximum atomic E-state index is 9.51. The summed E-state index contributed by atoms with van der Waals surface area (Å²) >= 11 is 0. The predicted molar refractivity (Wildman–Crippen MR) is 148 cm³/mol. The van der Waals surface area contributed by atoms with Gasteiger partial charge < -0.3 is 20.9 Å². The van der Waals surface area contributed by atoms with Crippen LogP contribution < -0.4 is 15.8 Å². The zero-order valence-corrected chi connectivity index (χ0v) is 22.1. The molecule has 1 aliphatic rings. The molecule has 10 heteroatoms. The van der Waals surface area contributed by atoms with E-state index in [0.717, 1.165) is 55.7 Å². The highest BCUT2D eigenvalue weighted by Gasteiger charge is 2.19. The Labute approximate surface area is 222 Å². The molecular formula is C28H36N8O2. The van der Waals surface area contributed by atoms with Crippen LogP contribution in [0, 0.1) is 0 Å². The van der Waals surface area contributed by atoms with E-state index in [-0.39, 0.29) is 18.6 Å². The minimum absolute atomic E-state index is 0.0812. The van der Waals surface area contributed by atoms with Crippen molar-refractivity contribution < 1.29 is 9.84 Å². The second-order valence-electron chi connectivity index (χ2n) is 9.86. The van der Waals surface area contributed by atoms with Crippen LogP contribution in [0.3, 0.4) is 0 Å². The van der Waals surface area contributed by atoms with Gasteiger partial charge in [-0.1, -0.05) is 25.5 Å². The van der Waals surface area contributed by atoms with Crippen LogP contribution in [0.15, 0.2) is 42.9 Å². The normalized spacial score (nSPS) is 14.4. The first-order valence-electron chi connectivity index (χ1n) is 13.2. The molecule has 0 amide bonds. The second-order valence-corrected chi connectivity index (χ2v) is 9.86. The molecule has 0 unspecified atom stereocenters. The average Bonchev–Trinajstić information content (AvgIpc) is 3.32. The van der Waals surface area contributed by atoms with Crippen LogP contribution in [-0.2, 0) is 26.1 Å². The summed E-state index contributed by atoms with van der Waals surface area (Å²) in [5.74, 6) is 1.65. The van der Waals surface area contributed by atoms with Crippen LogP contribution in [0.5, 0.6) is 5.75 Å². The quantitative estimate of drug-likeness (QED) is 0.275. The molecule has 0 spiro atoms. The lowest BCUT2D eigenvalue weighted by Crippen LogP contribution is -2.30. The molecule has 1 aliphatic heterocycles. The molecule has 0 bridgehead atoms. The largest absolute Gasteiger partial charge is 0.496 e. The number of aliphatic hydroxyl groups is 1. The molecule has 5 rings (SSSR count). The molecular weight excluding hydrogens is 480 g/mol. The van der Waals surface area contributed by atoms with E-state index in [0.29, 0.717) is 24.3 Å². The van der Waals surface area contributed by atoms with Crippen molar-refractivity contribution in [2.75, 3.05) is 31.3 Å². The van der Waals surface area contributed by atoms with Crippen molar-refractivity contribution in [2.45, 2.75) is 58.3 Å². The zero-order chi connectivity index (χ0) is 26.5. The molecule has 0 radical (unpaired) electrons. The first kappa shape index (κ1) is 25.9. The van der Waals surface area contributed by atoms with Gasteiger partial charge in [-0.05, 0) is 48.1 Å². The minimum Gasteiger partial charge on any atom is -0.496 e. The number of nitrogens with zero attached hydrogens (tertiary/aromatic N) is 6. The number of anilines is 2. The fourth-order valence-corrected chi connectivity index (χ4v) is 5.23. The van der Waals surface area contributed by atoms with E-state index >= 15 is 0 Å². The van der Waals surface area contributed by atoms with Crippen LogP contribution >= 0.6 is 0 Å². The molecule has 1 atom stereocenters. The van der Waals surface area contributed by atoms with Crippen molar-refractivity contribution in [3.63, 3.8) is 0 Å². The average molecular weight is 517 g/mol. The summed E-state index contributed by atoms with van der Waals surface area (Å²) < 4.78 is 7.69. The number of fused-ring (bicyclic) bond motifs is 2. The fourth-order valence-electron chi connectivity index (χ4n) is 5.23. The van der Waals surface area contributed by atoms with Crippen LogP contribution in [0.1, 0.15) is 48.4 Å². The molecule has 1 aromatic carbocycles. The number of aromatic nitrogens is 5. The third-order valence-corrected chi connectivity index (χ3v) is 7.14. The maximum absolute atomic E-state index is 9.51. The first-order valence-corrected chi connectivity index (χ1v) is 13.2. The highest BCUT2D eigenvalue weighted by atomic mass is 16.5. The summed E-state index contributed by atoms with van der Waals surface area (Å²) in [5.41, 5.74) is 12.4. The smallest absolute Gasteiger partial charge is 0.222 e. The third kappa shape index (κ3) is 5.71. The van der Waals surface area contributed by atoms with Crippen molar-refractivity contribution in [1.29, 1.82) is 0 Å². The van der Waals surface area contributed by atoms with Crippen molar-refractivity contribution >= 4 is 22.8 Å². The van der Waals surface area contributed by atoms with E-state index < -0.39 is 0 Å². The summed E-state index contributed by atoms with van der Waals surface area (Å²) in [6.07, 6.45) is 9.12. The Hall–Kier alpha value is -3.76. The van der Waals surface area contributed by atoms with Gasteiger partial charge in [-0.25, -0.2) is 4.98 Å². The van der Waals surface area contributed by atoms with E-state index in [1.807, 2.05) is 17.1 Å². The first-order chi connectivity index (χ1) is 18.6. The molecule has 38 heavy (non-hydrogen) atoms. The molecule has 200 valence electrons. The number of ether oxygens (including phenoxy) is 1. The summed E-state index contributed by atoms with van der Waals surface area (Å²) in [4.78, 5) is 15.6.